The molecule has 4 aromatic rings. The first-order chi connectivity index (χ1) is 27.3. The molecule has 330 valence electrons. The minimum absolute atomic E-state index is 0. The maximum atomic E-state index is 12.3. The molecule has 0 N–H and O–H groups in total. The normalized spacial score (nSPS) is 12.9. The van der Waals surface area contributed by atoms with Crippen LogP contribution in [0.5, 0.6) is 11.5 Å². The third-order valence-corrected chi connectivity index (χ3v) is 12.6. The van der Waals surface area contributed by atoms with E-state index in [-0.39, 0.29) is 59.0 Å². The van der Waals surface area contributed by atoms with Crippen LogP contribution in [-0.2, 0) is 52.2 Å². The summed E-state index contributed by atoms with van der Waals surface area (Å²) in [5, 5.41) is 39.2. The Kier molecular flexibility index (Phi) is 26.0. The average Bonchev–Trinajstić information content (AvgIpc) is 3.73. The maximum absolute atomic E-state index is 12.3. The fraction of sp³-hybridized carbons (Fsp3) is 0.556. The maximum Gasteiger partial charge on any atom is 3.00 e. The Morgan fingerprint density at radius 3 is 0.950 bits per heavy atom. The number of hydrogen-bond acceptors (Lipinski definition) is 4. The summed E-state index contributed by atoms with van der Waals surface area (Å²) in [4.78, 5) is 0. The molecule has 1 heterocycles. The molecule has 4 nitrogen and oxygen atoms in total. The molecule has 0 unspecified atom stereocenters. The second kappa shape index (κ2) is 27.0. The molecule has 1 aliphatic heterocycles. The predicted octanol–water partition coefficient (Wildman–Crippen LogP) is 12.3. The third kappa shape index (κ3) is 22.2. The van der Waals surface area contributed by atoms with E-state index in [1.54, 1.807) is 13.8 Å². The zero-order valence-electron chi connectivity index (χ0n) is 40.8. The Morgan fingerprint density at radius 1 is 0.467 bits per heavy atom. The van der Waals surface area contributed by atoms with Crippen LogP contribution in [0, 0.1) is 0 Å². The molecule has 4 aromatic carbocycles. The summed E-state index contributed by atoms with van der Waals surface area (Å²) in [5.74, 6) is 0.412. The standard InChI is InChI=1S/C16H18OP.2C14H22O.C6H14.C4H8O.Sc/c1-16(2,17)13-18(14-9-5-3-6-10-14)15-11-7-4-8-12-15;2*1-13(2,3)10-8-7-9-11(12(10)15)14(4,5)6;1-3-5-6-4-2;1-2-4-5-3-1;/h3-12H,13H2,1-2H3;2*7-9,15H,1-6H3;3-6H2,1-2H3;1-4H2;/q-1;;;;;+3/p-2. The second-order valence-electron chi connectivity index (χ2n) is 20.4. The Bertz CT molecular complexity index is 1530. The Morgan fingerprint density at radius 2 is 0.750 bits per heavy atom. The Balaban J connectivity index is 0.000000769. The number of rotatable bonds is 7. The summed E-state index contributed by atoms with van der Waals surface area (Å²) in [6.07, 6.45) is 8.77. The van der Waals surface area contributed by atoms with Gasteiger partial charge in [-0.05, 0) is 59.2 Å². The fourth-order valence-corrected chi connectivity index (χ4v) is 8.86. The van der Waals surface area contributed by atoms with Gasteiger partial charge in [0.1, 0.15) is 0 Å². The van der Waals surface area contributed by atoms with E-state index in [0.29, 0.717) is 6.16 Å². The summed E-state index contributed by atoms with van der Waals surface area (Å²) in [6, 6.07) is 32.5. The van der Waals surface area contributed by atoms with Gasteiger partial charge in [-0.15, -0.1) is 17.1 Å². The van der Waals surface area contributed by atoms with Crippen molar-refractivity contribution in [2.45, 2.75) is 177 Å². The van der Waals surface area contributed by atoms with Gasteiger partial charge in [-0.1, -0.05) is 256 Å². The molecule has 0 spiro atoms. The van der Waals surface area contributed by atoms with Gasteiger partial charge >= 0.3 is 25.8 Å². The van der Waals surface area contributed by atoms with E-state index in [0.717, 1.165) is 35.5 Å². The molecule has 0 aliphatic carbocycles. The quantitative estimate of drug-likeness (QED) is 0.137. The van der Waals surface area contributed by atoms with Crippen molar-refractivity contribution in [3.05, 3.63) is 119 Å². The SMILES string of the molecule is C1CCOC1.CC(C)(C)c1cccc(C(C)(C)C)c1[O-].CC(C)(C)c1cccc(C(C)(C)C)c1[O-].CC(C)([O-])CP(c1ccccc1)c1ccccc1.CCCCCC.[Sc+3]. The van der Waals surface area contributed by atoms with E-state index in [9.17, 15) is 15.3 Å². The number of ether oxygens (including phenoxy) is 1. The summed E-state index contributed by atoms with van der Waals surface area (Å²) < 4.78 is 4.94. The molecule has 0 bridgehead atoms. The smallest absolute Gasteiger partial charge is 0.872 e. The van der Waals surface area contributed by atoms with Crippen LogP contribution in [0.4, 0.5) is 0 Å². The van der Waals surface area contributed by atoms with Crippen LogP contribution in [-0.4, -0.2) is 25.0 Å². The second-order valence-corrected chi connectivity index (χ2v) is 22.6. The average molecular weight is 871 g/mol. The van der Waals surface area contributed by atoms with E-state index >= 15 is 0 Å². The van der Waals surface area contributed by atoms with Crippen molar-refractivity contribution >= 4 is 18.5 Å². The zero-order valence-corrected chi connectivity index (χ0v) is 43.5. The van der Waals surface area contributed by atoms with Crippen LogP contribution in [0.3, 0.4) is 0 Å². The molecule has 0 atom stereocenters. The van der Waals surface area contributed by atoms with Gasteiger partial charge in [0, 0.05) is 13.2 Å². The van der Waals surface area contributed by atoms with Crippen LogP contribution in [0.1, 0.15) is 172 Å². The Labute approximate surface area is 388 Å². The molecule has 0 saturated carbocycles. The van der Waals surface area contributed by atoms with Gasteiger partial charge in [0.05, 0.1) is 0 Å². The monoisotopic (exact) mass is 871 g/mol. The summed E-state index contributed by atoms with van der Waals surface area (Å²) in [6.45, 7) is 35.0. The van der Waals surface area contributed by atoms with Gasteiger partial charge in [-0.3, -0.25) is 0 Å². The van der Waals surface area contributed by atoms with Crippen molar-refractivity contribution in [1.82, 2.24) is 0 Å². The van der Waals surface area contributed by atoms with Gasteiger partial charge in [-0.25, -0.2) is 0 Å². The number of unbranched alkanes of at least 4 members (excludes halogenated alkanes) is 3. The first-order valence-corrected chi connectivity index (χ1v) is 23.6. The molecule has 0 amide bonds. The van der Waals surface area contributed by atoms with Crippen molar-refractivity contribution in [2.24, 2.45) is 0 Å². The molecule has 1 aliphatic rings. The van der Waals surface area contributed by atoms with Crippen LogP contribution < -0.4 is 25.9 Å². The number of benzene rings is 4. The van der Waals surface area contributed by atoms with E-state index in [1.165, 1.54) is 49.1 Å². The molecular formula is C54H82O4PSc. The van der Waals surface area contributed by atoms with Crippen LogP contribution in [0.25, 0.3) is 0 Å². The number of para-hydroxylation sites is 2. The van der Waals surface area contributed by atoms with Crippen molar-refractivity contribution < 1.29 is 45.9 Å². The third-order valence-electron chi connectivity index (χ3n) is 9.72. The molecular weight excluding hydrogens is 789 g/mol. The van der Waals surface area contributed by atoms with Gasteiger partial charge in [0.2, 0.25) is 0 Å². The van der Waals surface area contributed by atoms with E-state index in [1.807, 2.05) is 72.8 Å². The van der Waals surface area contributed by atoms with Crippen LogP contribution in [0.15, 0.2) is 97.1 Å². The van der Waals surface area contributed by atoms with Crippen molar-refractivity contribution in [3.8, 4) is 11.5 Å². The fourth-order valence-electron chi connectivity index (χ4n) is 6.38. The first-order valence-electron chi connectivity index (χ1n) is 22.0. The first kappa shape index (κ1) is 57.7. The molecule has 6 heteroatoms. The minimum atomic E-state index is -0.891. The van der Waals surface area contributed by atoms with Gasteiger partial charge in [0.15, 0.2) is 0 Å². The van der Waals surface area contributed by atoms with E-state index < -0.39 is 13.5 Å². The topological polar surface area (TPSA) is 78.4 Å². The molecule has 0 aromatic heterocycles. The van der Waals surface area contributed by atoms with Gasteiger partial charge in [-0.2, -0.15) is 0 Å². The molecule has 1 saturated heterocycles. The Hall–Kier alpha value is -2.30. The van der Waals surface area contributed by atoms with Gasteiger partial charge in [0.25, 0.3) is 0 Å². The number of hydrogen-bond donors (Lipinski definition) is 0. The largest absolute Gasteiger partial charge is 3.00 e. The van der Waals surface area contributed by atoms with Crippen molar-refractivity contribution in [3.63, 3.8) is 0 Å². The molecule has 1 fully saturated rings. The summed E-state index contributed by atoms with van der Waals surface area (Å²) >= 11 is 0. The van der Waals surface area contributed by atoms with Gasteiger partial charge < -0.3 is 20.1 Å². The summed E-state index contributed by atoms with van der Waals surface area (Å²) in [7, 11) is -0.551. The van der Waals surface area contributed by atoms with E-state index in [4.69, 9.17) is 4.74 Å². The molecule has 5 rings (SSSR count). The molecule has 60 heavy (non-hydrogen) atoms. The van der Waals surface area contributed by atoms with Crippen LogP contribution >= 0.6 is 7.92 Å². The zero-order chi connectivity index (χ0) is 45.1. The summed E-state index contributed by atoms with van der Waals surface area (Å²) in [5.41, 5.74) is 2.47. The molecule has 0 radical (unpaired) electrons. The minimum Gasteiger partial charge on any atom is -0.872 e. The van der Waals surface area contributed by atoms with Crippen LogP contribution in [0.2, 0.25) is 0 Å². The van der Waals surface area contributed by atoms with Crippen molar-refractivity contribution in [2.75, 3.05) is 19.4 Å². The van der Waals surface area contributed by atoms with E-state index in [2.05, 4.69) is 121 Å². The van der Waals surface area contributed by atoms with Crippen molar-refractivity contribution in [1.29, 1.82) is 0 Å². The predicted molar refractivity (Wildman–Crippen MR) is 254 cm³/mol.